The quantitative estimate of drug-likeness (QED) is 0.0490. The number of carbonyl (C=O) groups is 1. The monoisotopic (exact) mass is 598 g/mol. The van der Waals surface area contributed by atoms with Crippen LogP contribution in [0.5, 0.6) is 0 Å². The first kappa shape index (κ1) is 40.8. The van der Waals surface area contributed by atoms with Crippen LogP contribution in [0.2, 0.25) is 0 Å². The minimum absolute atomic E-state index is 0.182. The molecule has 1 unspecified atom stereocenters. The Hall–Kier alpha value is -2.17. The molecule has 0 aliphatic heterocycles. The first-order valence-corrected chi connectivity index (χ1v) is 17.5. The van der Waals surface area contributed by atoms with Gasteiger partial charge in [0.2, 0.25) is 0 Å². The molecular formula is C39H66O4. The van der Waals surface area contributed by atoms with Gasteiger partial charge < -0.3 is 14.6 Å². The van der Waals surface area contributed by atoms with Crippen LogP contribution < -0.4 is 0 Å². The molecule has 1 atom stereocenters. The molecule has 0 aliphatic carbocycles. The third kappa shape index (κ3) is 34.2. The molecule has 0 fully saturated rings. The predicted molar refractivity (Wildman–Crippen MR) is 186 cm³/mol. The summed E-state index contributed by atoms with van der Waals surface area (Å²) in [5.74, 6) is -0.222. The molecule has 0 heterocycles. The fraction of sp³-hybridized carbons (Fsp3) is 0.667. The Morgan fingerprint density at radius 3 is 1.58 bits per heavy atom. The summed E-state index contributed by atoms with van der Waals surface area (Å²) in [5.41, 5.74) is 0. The molecule has 246 valence electrons. The molecule has 0 rings (SSSR count). The minimum atomic E-state index is -0.540. The Kier molecular flexibility index (Phi) is 34.2. The van der Waals surface area contributed by atoms with E-state index in [1.807, 2.05) is 0 Å². The zero-order valence-corrected chi connectivity index (χ0v) is 27.9. The third-order valence-corrected chi connectivity index (χ3v) is 7.05. The van der Waals surface area contributed by atoms with E-state index in [0.717, 1.165) is 70.6 Å². The molecule has 0 aromatic carbocycles. The van der Waals surface area contributed by atoms with Crippen molar-refractivity contribution >= 4 is 5.97 Å². The zero-order valence-electron chi connectivity index (χ0n) is 27.9. The third-order valence-electron chi connectivity index (χ3n) is 7.05. The Morgan fingerprint density at radius 1 is 0.581 bits per heavy atom. The molecule has 4 heteroatoms. The number of ether oxygens (including phenoxy) is 2. The molecule has 43 heavy (non-hydrogen) atoms. The molecular weight excluding hydrogens is 532 g/mol. The van der Waals surface area contributed by atoms with Crippen LogP contribution in [-0.4, -0.2) is 37.0 Å². The van der Waals surface area contributed by atoms with Crippen LogP contribution in [0.25, 0.3) is 0 Å². The molecule has 1 N–H and O–H groups in total. The fourth-order valence-corrected chi connectivity index (χ4v) is 4.45. The highest BCUT2D eigenvalue weighted by Crippen LogP contribution is 2.11. The number of unbranched alkanes of at least 4 members (excludes halogenated alkanes) is 11. The molecule has 0 aromatic heterocycles. The van der Waals surface area contributed by atoms with E-state index in [4.69, 9.17) is 9.47 Å². The molecule has 0 bridgehead atoms. The number of aliphatic hydroxyl groups excluding tert-OH is 1. The van der Waals surface area contributed by atoms with Crippen molar-refractivity contribution in [3.05, 3.63) is 72.9 Å². The highest BCUT2D eigenvalue weighted by molar-refractivity contribution is 5.69. The van der Waals surface area contributed by atoms with Gasteiger partial charge in [0.1, 0.15) is 6.10 Å². The van der Waals surface area contributed by atoms with E-state index < -0.39 is 6.10 Å². The first-order chi connectivity index (χ1) is 21.2. The lowest BCUT2D eigenvalue weighted by molar-refractivity contribution is -0.154. The van der Waals surface area contributed by atoms with Crippen molar-refractivity contribution in [2.75, 3.05) is 19.8 Å². The highest BCUT2D eigenvalue weighted by atomic mass is 16.6. The van der Waals surface area contributed by atoms with E-state index in [1.165, 1.54) is 51.4 Å². The fourth-order valence-electron chi connectivity index (χ4n) is 4.45. The van der Waals surface area contributed by atoms with Crippen molar-refractivity contribution in [2.45, 2.75) is 148 Å². The minimum Gasteiger partial charge on any atom is -0.457 e. The number of allylic oxidation sites excluding steroid dienone is 12. The van der Waals surface area contributed by atoms with Gasteiger partial charge in [-0.3, -0.25) is 4.79 Å². The van der Waals surface area contributed by atoms with Gasteiger partial charge >= 0.3 is 5.97 Å². The average molecular weight is 599 g/mol. The van der Waals surface area contributed by atoms with Crippen molar-refractivity contribution < 1.29 is 19.4 Å². The topological polar surface area (TPSA) is 55.8 Å². The number of carbonyl (C=O) groups excluding carboxylic acids is 1. The van der Waals surface area contributed by atoms with E-state index in [2.05, 4.69) is 86.8 Å². The van der Waals surface area contributed by atoms with Crippen molar-refractivity contribution in [2.24, 2.45) is 0 Å². The maximum absolute atomic E-state index is 12.1. The van der Waals surface area contributed by atoms with Crippen molar-refractivity contribution in [3.8, 4) is 0 Å². The van der Waals surface area contributed by atoms with Gasteiger partial charge in [0.05, 0.1) is 13.2 Å². The number of aliphatic hydroxyl groups is 1. The van der Waals surface area contributed by atoms with E-state index >= 15 is 0 Å². The number of rotatable bonds is 31. The summed E-state index contributed by atoms with van der Waals surface area (Å²) in [7, 11) is 0. The van der Waals surface area contributed by atoms with Crippen molar-refractivity contribution in [1.82, 2.24) is 0 Å². The van der Waals surface area contributed by atoms with Crippen LogP contribution in [0, 0.1) is 0 Å². The van der Waals surface area contributed by atoms with Crippen LogP contribution in [0.4, 0.5) is 0 Å². The Balaban J connectivity index is 3.55. The summed E-state index contributed by atoms with van der Waals surface area (Å²) >= 11 is 0. The maximum atomic E-state index is 12.1. The van der Waals surface area contributed by atoms with Crippen LogP contribution in [-0.2, 0) is 14.3 Å². The second kappa shape index (κ2) is 36.0. The average Bonchev–Trinajstić information content (AvgIpc) is 3.01. The molecule has 0 radical (unpaired) electrons. The van der Waals surface area contributed by atoms with Crippen LogP contribution >= 0.6 is 0 Å². The van der Waals surface area contributed by atoms with Crippen LogP contribution in [0.15, 0.2) is 72.9 Å². The number of esters is 1. The van der Waals surface area contributed by atoms with Gasteiger partial charge in [-0.25, -0.2) is 0 Å². The smallest absolute Gasteiger partial charge is 0.306 e. The van der Waals surface area contributed by atoms with Gasteiger partial charge in [0, 0.05) is 13.0 Å². The Bertz CT molecular complexity index is 759. The van der Waals surface area contributed by atoms with E-state index in [1.54, 1.807) is 0 Å². The lowest BCUT2D eigenvalue weighted by Crippen LogP contribution is -2.27. The van der Waals surface area contributed by atoms with Gasteiger partial charge in [0.25, 0.3) is 0 Å². The summed E-state index contributed by atoms with van der Waals surface area (Å²) in [5, 5.41) is 9.47. The normalized spacial score (nSPS) is 13.3. The number of hydrogen-bond donors (Lipinski definition) is 1. The van der Waals surface area contributed by atoms with Gasteiger partial charge in [-0.15, -0.1) is 0 Å². The summed E-state index contributed by atoms with van der Waals surface area (Å²) in [4.78, 5) is 12.1. The number of hydrogen-bond acceptors (Lipinski definition) is 4. The van der Waals surface area contributed by atoms with Gasteiger partial charge in [-0.05, 0) is 64.2 Å². The largest absolute Gasteiger partial charge is 0.457 e. The molecule has 0 saturated heterocycles. The van der Waals surface area contributed by atoms with Gasteiger partial charge in [0.15, 0.2) is 0 Å². The zero-order chi connectivity index (χ0) is 31.3. The molecule has 0 spiro atoms. The summed E-state index contributed by atoms with van der Waals surface area (Å²) in [6.45, 7) is 5.15. The second-order valence-electron chi connectivity index (χ2n) is 11.2. The van der Waals surface area contributed by atoms with Gasteiger partial charge in [-0.2, -0.15) is 0 Å². The Morgan fingerprint density at radius 2 is 1.05 bits per heavy atom. The van der Waals surface area contributed by atoms with Crippen LogP contribution in [0.1, 0.15) is 142 Å². The maximum Gasteiger partial charge on any atom is 0.306 e. The standard InChI is InChI=1S/C39H66O4/c1-3-5-7-9-11-12-13-14-15-16-17-18-19-20-21-22-23-24-25-26-27-28-29-30-32-34-39(41)43-38(36-40)37-42-35-33-31-10-8-6-4-2/h5,7,11-12,14-15,17-18,20-21,23-24,38,40H,3-4,6,8-10,13,16,19,22,25-37H2,1-2H3/b7-5-,12-11-,15-14-,18-17-,21-20-,24-23-. The lowest BCUT2D eigenvalue weighted by atomic mass is 10.1. The van der Waals surface area contributed by atoms with E-state index in [0.29, 0.717) is 13.0 Å². The lowest BCUT2D eigenvalue weighted by Gasteiger charge is -2.15. The van der Waals surface area contributed by atoms with Crippen molar-refractivity contribution in [3.63, 3.8) is 0 Å². The Labute approximate surface area is 266 Å². The molecule has 0 saturated carbocycles. The molecule has 0 aliphatic rings. The summed E-state index contributed by atoms with van der Waals surface area (Å²) < 4.78 is 11.0. The summed E-state index contributed by atoms with van der Waals surface area (Å²) in [6.07, 6.45) is 48.1. The van der Waals surface area contributed by atoms with Crippen molar-refractivity contribution in [1.29, 1.82) is 0 Å². The first-order valence-electron chi connectivity index (χ1n) is 17.5. The van der Waals surface area contributed by atoms with E-state index in [-0.39, 0.29) is 19.2 Å². The molecule has 4 nitrogen and oxygen atoms in total. The van der Waals surface area contributed by atoms with Gasteiger partial charge in [-0.1, -0.05) is 145 Å². The molecule has 0 amide bonds. The van der Waals surface area contributed by atoms with Crippen LogP contribution in [0.3, 0.4) is 0 Å². The summed E-state index contributed by atoms with van der Waals surface area (Å²) in [6, 6.07) is 0. The second-order valence-corrected chi connectivity index (χ2v) is 11.2. The van der Waals surface area contributed by atoms with E-state index in [9.17, 15) is 9.90 Å². The predicted octanol–water partition coefficient (Wildman–Crippen LogP) is 11.1. The molecule has 0 aromatic rings. The SMILES string of the molecule is CC/C=C\C/C=C\C/C=C\C/C=C\C/C=C\C/C=C\CCCCCCCCC(=O)OC(CO)COCCCCCCCC. The highest BCUT2D eigenvalue weighted by Gasteiger charge is 2.13.